The lowest BCUT2D eigenvalue weighted by molar-refractivity contribution is -0.0381. The first-order chi connectivity index (χ1) is 10.7. The molecule has 2 aliphatic heterocycles. The van der Waals surface area contributed by atoms with E-state index in [-0.39, 0.29) is 6.10 Å². The van der Waals surface area contributed by atoms with Gasteiger partial charge in [-0.05, 0) is 43.5 Å². The molecule has 0 saturated carbocycles. The number of fused-ring (bicyclic) bond motifs is 3. The van der Waals surface area contributed by atoms with Crippen molar-refractivity contribution in [1.82, 2.24) is 0 Å². The van der Waals surface area contributed by atoms with E-state index in [9.17, 15) is 0 Å². The third-order valence-corrected chi connectivity index (χ3v) is 5.36. The van der Waals surface area contributed by atoms with E-state index in [1.54, 1.807) is 0 Å². The molecule has 3 heteroatoms. The molecule has 1 N–H and O–H groups in total. The molecular weight excluding hydrogens is 338 g/mol. The quantitative estimate of drug-likeness (QED) is 0.738. The van der Waals surface area contributed by atoms with Crippen molar-refractivity contribution in [2.24, 2.45) is 5.92 Å². The fourth-order valence-electron chi connectivity index (χ4n) is 3.75. The van der Waals surface area contributed by atoms with Gasteiger partial charge in [-0.25, -0.2) is 0 Å². The largest absolute Gasteiger partial charge is 0.378 e. The summed E-state index contributed by atoms with van der Waals surface area (Å²) in [6.07, 6.45) is 2.56. The van der Waals surface area contributed by atoms with Gasteiger partial charge in [-0.3, -0.25) is 0 Å². The summed E-state index contributed by atoms with van der Waals surface area (Å²) >= 11 is 3.59. The molecule has 22 heavy (non-hydrogen) atoms. The van der Waals surface area contributed by atoms with Gasteiger partial charge in [-0.15, -0.1) is 0 Å². The zero-order chi connectivity index (χ0) is 15.1. The number of aryl methyl sites for hydroxylation is 1. The lowest BCUT2D eigenvalue weighted by Gasteiger charge is -2.43. The Labute approximate surface area is 140 Å². The van der Waals surface area contributed by atoms with Crippen LogP contribution in [0.15, 0.2) is 46.9 Å². The zero-order valence-corrected chi connectivity index (χ0v) is 14.3. The molecule has 2 heterocycles. The maximum Gasteiger partial charge on any atom is 0.0896 e. The van der Waals surface area contributed by atoms with Gasteiger partial charge in [-0.2, -0.15) is 0 Å². The molecular formula is C19H20BrNO. The maximum atomic E-state index is 6.18. The molecule has 0 bridgehead atoms. The van der Waals surface area contributed by atoms with Crippen LogP contribution in [-0.4, -0.2) is 6.61 Å². The SMILES string of the molecule is Cc1ccc([C@@H]2Nc3ccc(Br)cc3[C@H]3OCCC[C@H]32)cc1. The summed E-state index contributed by atoms with van der Waals surface area (Å²) in [4.78, 5) is 0. The van der Waals surface area contributed by atoms with Crippen molar-refractivity contribution in [3.05, 3.63) is 63.6 Å². The van der Waals surface area contributed by atoms with E-state index in [4.69, 9.17) is 4.74 Å². The fraction of sp³-hybridized carbons (Fsp3) is 0.368. The number of rotatable bonds is 1. The molecule has 0 radical (unpaired) electrons. The molecule has 0 unspecified atom stereocenters. The van der Waals surface area contributed by atoms with Gasteiger partial charge in [0, 0.05) is 28.2 Å². The van der Waals surface area contributed by atoms with Gasteiger partial charge >= 0.3 is 0 Å². The highest BCUT2D eigenvalue weighted by atomic mass is 79.9. The molecule has 3 atom stereocenters. The second-order valence-electron chi connectivity index (χ2n) is 6.36. The third-order valence-electron chi connectivity index (χ3n) is 4.86. The molecule has 1 fully saturated rings. The normalized spacial score (nSPS) is 26.7. The van der Waals surface area contributed by atoms with Crippen LogP contribution in [0, 0.1) is 12.8 Å². The first kappa shape index (κ1) is 14.3. The van der Waals surface area contributed by atoms with Crippen molar-refractivity contribution >= 4 is 21.6 Å². The summed E-state index contributed by atoms with van der Waals surface area (Å²) < 4.78 is 7.30. The Bertz CT molecular complexity index is 682. The van der Waals surface area contributed by atoms with Crippen molar-refractivity contribution in [1.29, 1.82) is 0 Å². The van der Waals surface area contributed by atoms with Gasteiger partial charge in [0.15, 0.2) is 0 Å². The van der Waals surface area contributed by atoms with Gasteiger partial charge in [0.1, 0.15) is 0 Å². The van der Waals surface area contributed by atoms with E-state index in [1.807, 2.05) is 0 Å². The summed E-state index contributed by atoms with van der Waals surface area (Å²) in [5.41, 5.74) is 5.17. The highest BCUT2D eigenvalue weighted by Gasteiger charge is 2.39. The first-order valence-corrected chi connectivity index (χ1v) is 8.76. The minimum atomic E-state index is 0.203. The number of hydrogen-bond donors (Lipinski definition) is 1. The summed E-state index contributed by atoms with van der Waals surface area (Å²) in [5, 5.41) is 3.76. The maximum absolute atomic E-state index is 6.18. The zero-order valence-electron chi connectivity index (χ0n) is 12.7. The summed E-state index contributed by atoms with van der Waals surface area (Å²) in [6.45, 7) is 3.01. The second kappa shape index (κ2) is 5.71. The van der Waals surface area contributed by atoms with Crippen molar-refractivity contribution in [2.45, 2.75) is 31.9 Å². The molecule has 2 nitrogen and oxygen atoms in total. The van der Waals surface area contributed by atoms with E-state index in [0.717, 1.165) is 17.5 Å². The van der Waals surface area contributed by atoms with Crippen molar-refractivity contribution in [3.8, 4) is 0 Å². The third kappa shape index (κ3) is 2.46. The van der Waals surface area contributed by atoms with Crippen LogP contribution in [-0.2, 0) is 4.74 Å². The number of benzene rings is 2. The Kier molecular flexibility index (Phi) is 3.71. The molecule has 2 aliphatic rings. The van der Waals surface area contributed by atoms with Gasteiger partial charge in [0.2, 0.25) is 0 Å². The molecule has 0 aliphatic carbocycles. The molecule has 114 valence electrons. The minimum absolute atomic E-state index is 0.203. The monoisotopic (exact) mass is 357 g/mol. The Morgan fingerprint density at radius 1 is 1.14 bits per heavy atom. The van der Waals surface area contributed by atoms with Crippen LogP contribution in [0.25, 0.3) is 0 Å². The van der Waals surface area contributed by atoms with Crippen LogP contribution in [0.3, 0.4) is 0 Å². The number of nitrogens with one attached hydrogen (secondary N) is 1. The number of hydrogen-bond acceptors (Lipinski definition) is 2. The smallest absolute Gasteiger partial charge is 0.0896 e. The second-order valence-corrected chi connectivity index (χ2v) is 7.28. The van der Waals surface area contributed by atoms with Gasteiger partial charge in [-0.1, -0.05) is 45.8 Å². The highest BCUT2D eigenvalue weighted by molar-refractivity contribution is 9.10. The topological polar surface area (TPSA) is 21.3 Å². The predicted molar refractivity (Wildman–Crippen MR) is 93.1 cm³/mol. The molecule has 2 aromatic rings. The summed E-state index contributed by atoms with van der Waals surface area (Å²) in [7, 11) is 0. The molecule has 0 aromatic heterocycles. The van der Waals surface area contributed by atoms with Gasteiger partial charge in [0.05, 0.1) is 12.1 Å². The lowest BCUT2D eigenvalue weighted by atomic mass is 9.77. The van der Waals surface area contributed by atoms with E-state index in [2.05, 4.69) is 70.6 Å². The Morgan fingerprint density at radius 2 is 1.95 bits per heavy atom. The molecule has 4 rings (SSSR count). The molecule has 0 amide bonds. The van der Waals surface area contributed by atoms with Crippen LogP contribution in [0.5, 0.6) is 0 Å². The van der Waals surface area contributed by atoms with Crippen LogP contribution < -0.4 is 5.32 Å². The van der Waals surface area contributed by atoms with Crippen molar-refractivity contribution < 1.29 is 4.74 Å². The minimum Gasteiger partial charge on any atom is -0.378 e. The first-order valence-electron chi connectivity index (χ1n) is 7.96. The van der Waals surface area contributed by atoms with Crippen molar-refractivity contribution in [3.63, 3.8) is 0 Å². The van der Waals surface area contributed by atoms with Gasteiger partial charge < -0.3 is 10.1 Å². The predicted octanol–water partition coefficient (Wildman–Crippen LogP) is 5.39. The van der Waals surface area contributed by atoms with E-state index in [0.29, 0.717) is 12.0 Å². The molecule has 0 spiro atoms. The standard InChI is InChI=1S/C19H20BrNO/c1-12-4-6-13(7-5-12)18-15-3-2-10-22-19(15)16-11-14(20)8-9-17(16)21-18/h4-9,11,15,18-19,21H,2-3,10H2,1H3/t15-,18-,19-/m0/s1. The van der Waals surface area contributed by atoms with Crippen LogP contribution in [0.2, 0.25) is 0 Å². The molecule has 1 saturated heterocycles. The lowest BCUT2D eigenvalue weighted by Crippen LogP contribution is -2.36. The Morgan fingerprint density at radius 3 is 2.77 bits per heavy atom. The average Bonchev–Trinajstić information content (AvgIpc) is 2.55. The van der Waals surface area contributed by atoms with Gasteiger partial charge in [0.25, 0.3) is 0 Å². The summed E-state index contributed by atoms with van der Waals surface area (Å²) in [5.74, 6) is 0.498. The Balaban J connectivity index is 1.77. The fourth-order valence-corrected chi connectivity index (χ4v) is 4.12. The van der Waals surface area contributed by atoms with E-state index >= 15 is 0 Å². The van der Waals surface area contributed by atoms with Crippen LogP contribution >= 0.6 is 15.9 Å². The highest BCUT2D eigenvalue weighted by Crippen LogP contribution is 2.49. The Hall–Kier alpha value is -1.32. The van der Waals surface area contributed by atoms with E-state index in [1.165, 1.54) is 28.8 Å². The molecule has 2 aromatic carbocycles. The van der Waals surface area contributed by atoms with Crippen LogP contribution in [0.4, 0.5) is 5.69 Å². The number of ether oxygens (including phenoxy) is 1. The van der Waals surface area contributed by atoms with Crippen molar-refractivity contribution in [2.75, 3.05) is 11.9 Å². The summed E-state index contributed by atoms with van der Waals surface area (Å²) in [6, 6.07) is 15.7. The van der Waals surface area contributed by atoms with Crippen LogP contribution in [0.1, 0.15) is 41.7 Å². The van der Waals surface area contributed by atoms with E-state index < -0.39 is 0 Å². The number of anilines is 1. The number of halogens is 1. The average molecular weight is 358 g/mol.